The first-order valence-electron chi connectivity index (χ1n) is 6.75. The largest absolute Gasteiger partial charge is 0.422 e. The molecule has 0 saturated heterocycles. The summed E-state index contributed by atoms with van der Waals surface area (Å²) in [6.45, 7) is 1.86. The van der Waals surface area contributed by atoms with E-state index >= 15 is 0 Å². The van der Waals surface area contributed by atoms with Gasteiger partial charge in [0.1, 0.15) is 22.8 Å². The molecular formula is C17H11F2NO3. The minimum absolute atomic E-state index is 0.222. The van der Waals surface area contributed by atoms with E-state index in [4.69, 9.17) is 4.42 Å². The number of amides is 1. The zero-order chi connectivity index (χ0) is 16.6. The number of carbonyl (C=O) groups is 1. The molecule has 0 aliphatic carbocycles. The SMILES string of the molecule is Cc1ccc2oc(=O)c(C(=O)Nc3ccc(F)cc3F)cc2c1. The standard InChI is InChI=1S/C17H11F2NO3/c1-9-2-5-15-10(6-9)7-12(17(22)23-15)16(21)20-14-4-3-11(18)8-13(14)19/h2-8H,1H3,(H,20,21). The van der Waals surface area contributed by atoms with E-state index in [1.54, 1.807) is 18.2 Å². The molecule has 0 unspecified atom stereocenters. The summed E-state index contributed by atoms with van der Waals surface area (Å²) in [5, 5.41) is 2.81. The van der Waals surface area contributed by atoms with E-state index in [1.807, 2.05) is 6.92 Å². The van der Waals surface area contributed by atoms with Crippen LogP contribution in [0, 0.1) is 18.6 Å². The van der Waals surface area contributed by atoms with Crippen LogP contribution in [0.5, 0.6) is 0 Å². The van der Waals surface area contributed by atoms with Crippen molar-refractivity contribution in [3.8, 4) is 0 Å². The smallest absolute Gasteiger partial charge is 0.349 e. The topological polar surface area (TPSA) is 59.3 Å². The number of halogens is 2. The van der Waals surface area contributed by atoms with Gasteiger partial charge in [0, 0.05) is 11.5 Å². The van der Waals surface area contributed by atoms with Crippen LogP contribution < -0.4 is 10.9 Å². The summed E-state index contributed by atoms with van der Waals surface area (Å²) < 4.78 is 31.5. The third kappa shape index (κ3) is 2.96. The molecule has 0 aliphatic heterocycles. The highest BCUT2D eigenvalue weighted by atomic mass is 19.1. The molecule has 116 valence electrons. The Hall–Kier alpha value is -3.02. The maximum absolute atomic E-state index is 13.6. The van der Waals surface area contributed by atoms with Crippen LogP contribution in [0.2, 0.25) is 0 Å². The number of rotatable bonds is 2. The van der Waals surface area contributed by atoms with Gasteiger partial charge in [-0.1, -0.05) is 11.6 Å². The maximum atomic E-state index is 13.6. The van der Waals surface area contributed by atoms with E-state index in [2.05, 4.69) is 5.32 Å². The van der Waals surface area contributed by atoms with Crippen LogP contribution in [0.3, 0.4) is 0 Å². The maximum Gasteiger partial charge on any atom is 0.349 e. The average Bonchev–Trinajstić information content (AvgIpc) is 2.49. The van der Waals surface area contributed by atoms with Gasteiger partial charge in [-0.3, -0.25) is 4.79 Å². The molecule has 0 radical (unpaired) electrons. The number of benzene rings is 2. The van der Waals surface area contributed by atoms with Gasteiger partial charge in [0.15, 0.2) is 0 Å². The fourth-order valence-electron chi connectivity index (χ4n) is 2.18. The second-order valence-electron chi connectivity index (χ2n) is 5.07. The quantitative estimate of drug-likeness (QED) is 0.735. The Labute approximate surface area is 129 Å². The van der Waals surface area contributed by atoms with Crippen molar-refractivity contribution in [2.75, 3.05) is 5.32 Å². The second kappa shape index (κ2) is 5.64. The summed E-state index contributed by atoms with van der Waals surface area (Å²) >= 11 is 0. The number of aryl methyl sites for hydroxylation is 1. The molecule has 1 heterocycles. The van der Waals surface area contributed by atoms with Crippen LogP contribution in [-0.4, -0.2) is 5.91 Å². The Bertz CT molecular complexity index is 979. The van der Waals surface area contributed by atoms with Crippen molar-refractivity contribution in [2.24, 2.45) is 0 Å². The monoisotopic (exact) mass is 315 g/mol. The van der Waals surface area contributed by atoms with E-state index in [0.717, 1.165) is 17.7 Å². The molecule has 6 heteroatoms. The van der Waals surface area contributed by atoms with E-state index in [9.17, 15) is 18.4 Å². The predicted molar refractivity (Wildman–Crippen MR) is 81.5 cm³/mol. The van der Waals surface area contributed by atoms with Gasteiger partial charge in [0.2, 0.25) is 0 Å². The summed E-state index contributed by atoms with van der Waals surface area (Å²) in [6.07, 6.45) is 0. The van der Waals surface area contributed by atoms with Gasteiger partial charge >= 0.3 is 5.63 Å². The Balaban J connectivity index is 2.00. The first kappa shape index (κ1) is 14.9. The molecule has 0 saturated carbocycles. The highest BCUT2D eigenvalue weighted by Crippen LogP contribution is 2.18. The predicted octanol–water partition coefficient (Wildman–Crippen LogP) is 3.63. The number of anilines is 1. The number of carbonyl (C=O) groups excluding carboxylic acids is 1. The van der Waals surface area contributed by atoms with Crippen LogP contribution >= 0.6 is 0 Å². The van der Waals surface area contributed by atoms with Crippen LogP contribution in [-0.2, 0) is 0 Å². The van der Waals surface area contributed by atoms with Crippen LogP contribution in [0.1, 0.15) is 15.9 Å². The number of hydrogen-bond donors (Lipinski definition) is 1. The lowest BCUT2D eigenvalue weighted by atomic mass is 10.1. The fourth-order valence-corrected chi connectivity index (χ4v) is 2.18. The summed E-state index contributed by atoms with van der Waals surface area (Å²) in [6, 6.07) is 9.27. The third-order valence-corrected chi connectivity index (χ3v) is 3.31. The van der Waals surface area contributed by atoms with E-state index < -0.39 is 23.2 Å². The molecule has 0 fully saturated rings. The summed E-state index contributed by atoms with van der Waals surface area (Å²) in [5.74, 6) is -2.52. The van der Waals surface area contributed by atoms with Crippen molar-refractivity contribution in [3.05, 3.63) is 75.6 Å². The van der Waals surface area contributed by atoms with Crippen LogP contribution in [0.25, 0.3) is 11.0 Å². The summed E-state index contributed by atoms with van der Waals surface area (Å²) in [4.78, 5) is 24.1. The second-order valence-corrected chi connectivity index (χ2v) is 5.07. The molecular weight excluding hydrogens is 304 g/mol. The molecule has 1 amide bonds. The van der Waals surface area contributed by atoms with Gasteiger partial charge in [-0.25, -0.2) is 13.6 Å². The molecule has 0 bridgehead atoms. The van der Waals surface area contributed by atoms with Crippen molar-refractivity contribution in [1.82, 2.24) is 0 Å². The Morgan fingerprint density at radius 3 is 2.61 bits per heavy atom. The molecule has 0 atom stereocenters. The normalized spacial score (nSPS) is 10.7. The number of fused-ring (bicyclic) bond motifs is 1. The Kier molecular flexibility index (Phi) is 3.65. The molecule has 0 spiro atoms. The van der Waals surface area contributed by atoms with Crippen LogP contribution in [0.15, 0.2) is 51.7 Å². The van der Waals surface area contributed by atoms with Crippen LogP contribution in [0.4, 0.5) is 14.5 Å². The summed E-state index contributed by atoms with van der Waals surface area (Å²) in [5.41, 5.74) is -0.0271. The third-order valence-electron chi connectivity index (χ3n) is 3.31. The van der Waals surface area contributed by atoms with Gasteiger partial charge in [-0.05, 0) is 37.3 Å². The van der Waals surface area contributed by atoms with Gasteiger partial charge in [-0.15, -0.1) is 0 Å². The Morgan fingerprint density at radius 2 is 1.87 bits per heavy atom. The zero-order valence-electron chi connectivity index (χ0n) is 12.0. The molecule has 1 aromatic heterocycles. The van der Waals surface area contributed by atoms with Crippen molar-refractivity contribution in [1.29, 1.82) is 0 Å². The lowest BCUT2D eigenvalue weighted by Gasteiger charge is -2.06. The molecule has 23 heavy (non-hydrogen) atoms. The molecule has 1 N–H and O–H groups in total. The fraction of sp³-hybridized carbons (Fsp3) is 0.0588. The highest BCUT2D eigenvalue weighted by Gasteiger charge is 2.16. The minimum Gasteiger partial charge on any atom is -0.422 e. The first-order valence-corrected chi connectivity index (χ1v) is 6.75. The Morgan fingerprint density at radius 1 is 1.09 bits per heavy atom. The molecule has 4 nitrogen and oxygen atoms in total. The summed E-state index contributed by atoms with van der Waals surface area (Å²) in [7, 11) is 0. The van der Waals surface area contributed by atoms with E-state index in [1.165, 1.54) is 6.07 Å². The van der Waals surface area contributed by atoms with Gasteiger partial charge in [0.05, 0.1) is 5.69 Å². The van der Waals surface area contributed by atoms with Gasteiger partial charge < -0.3 is 9.73 Å². The number of hydrogen-bond acceptors (Lipinski definition) is 3. The van der Waals surface area contributed by atoms with Gasteiger partial charge in [-0.2, -0.15) is 0 Å². The van der Waals surface area contributed by atoms with Crippen molar-refractivity contribution in [2.45, 2.75) is 6.92 Å². The average molecular weight is 315 g/mol. The zero-order valence-corrected chi connectivity index (χ0v) is 12.0. The molecule has 3 rings (SSSR count). The highest BCUT2D eigenvalue weighted by molar-refractivity contribution is 6.05. The van der Waals surface area contributed by atoms with Crippen molar-refractivity contribution >= 4 is 22.6 Å². The van der Waals surface area contributed by atoms with Gasteiger partial charge in [0.25, 0.3) is 5.91 Å². The molecule has 0 aliphatic rings. The van der Waals surface area contributed by atoms with Crippen molar-refractivity contribution in [3.63, 3.8) is 0 Å². The lowest BCUT2D eigenvalue weighted by Crippen LogP contribution is -2.21. The first-order chi connectivity index (χ1) is 10.9. The molecule has 2 aromatic carbocycles. The molecule has 3 aromatic rings. The van der Waals surface area contributed by atoms with Crippen molar-refractivity contribution < 1.29 is 18.0 Å². The minimum atomic E-state index is -0.931. The van der Waals surface area contributed by atoms with E-state index in [0.29, 0.717) is 17.0 Å². The number of nitrogens with one attached hydrogen (secondary N) is 1. The van der Waals surface area contributed by atoms with E-state index in [-0.39, 0.29) is 11.3 Å². The lowest BCUT2D eigenvalue weighted by molar-refractivity contribution is 0.102.